The van der Waals surface area contributed by atoms with E-state index in [0.29, 0.717) is 40.0 Å². The van der Waals surface area contributed by atoms with Crippen LogP contribution in [0.4, 0.5) is 0 Å². The molecule has 0 saturated carbocycles. The number of rotatable bonds is 12. The van der Waals surface area contributed by atoms with Crippen molar-refractivity contribution >= 4 is 35.1 Å². The minimum atomic E-state index is 0.238. The highest BCUT2D eigenvalue weighted by atomic mass is 35.5. The maximum atomic E-state index is 9.30. The van der Waals surface area contributed by atoms with Gasteiger partial charge in [-0.3, -0.25) is 15.3 Å². The van der Waals surface area contributed by atoms with Crippen LogP contribution in [0.3, 0.4) is 0 Å². The van der Waals surface area contributed by atoms with Gasteiger partial charge in [0.2, 0.25) is 0 Å². The summed E-state index contributed by atoms with van der Waals surface area (Å²) in [5.41, 5.74) is 8.82. The van der Waals surface area contributed by atoms with Gasteiger partial charge in [-0.05, 0) is 74.8 Å². The third-order valence-electron chi connectivity index (χ3n) is 9.21. The van der Waals surface area contributed by atoms with Gasteiger partial charge in [-0.15, -0.1) is 0 Å². The van der Waals surface area contributed by atoms with Gasteiger partial charge in [0.05, 0.1) is 28.7 Å². The van der Waals surface area contributed by atoms with E-state index in [4.69, 9.17) is 28.9 Å². The molecule has 2 fully saturated rings. The Kier molecular flexibility index (Phi) is 10.2. The minimum absolute atomic E-state index is 0.238. The van der Waals surface area contributed by atoms with Crippen molar-refractivity contribution in [3.63, 3.8) is 0 Å². The molecule has 3 aliphatic heterocycles. The van der Waals surface area contributed by atoms with Crippen LogP contribution in [0.15, 0.2) is 53.5 Å². The number of halogens is 2. The molecular weight excluding hydrogens is 565 g/mol. The average Bonchev–Trinajstić information content (AvgIpc) is 3.63. The molecular formula is C33H47Cl2N7. The lowest BCUT2D eigenvalue weighted by atomic mass is 10.0. The first-order chi connectivity index (χ1) is 20.2. The molecule has 0 unspecified atom stereocenters. The van der Waals surface area contributed by atoms with Crippen LogP contribution < -0.4 is 5.73 Å². The maximum Gasteiger partial charge on any atom is 0.194 e. The van der Waals surface area contributed by atoms with E-state index in [-0.39, 0.29) is 12.1 Å². The van der Waals surface area contributed by atoms with E-state index in [1.165, 1.54) is 18.4 Å². The second-order valence-electron chi connectivity index (χ2n) is 12.8. The molecule has 4 atom stereocenters. The lowest BCUT2D eigenvalue weighted by molar-refractivity contribution is 0.159. The SMILES string of the molecule is CC(C)C[C@@H]1CN=C(N)N1C[C@@H]1CCCN1C[C@H](C)N1C[C@@H](Cc2ccccc2)N(CCc2ccc(Cl)c(Cl)c2)C1=N. The number of benzene rings is 2. The van der Waals surface area contributed by atoms with Crippen LogP contribution in [-0.2, 0) is 12.8 Å². The normalized spacial score (nSPS) is 23.9. The number of nitrogens with two attached hydrogens (primary N) is 1. The topological polar surface area (TPSA) is 75.2 Å². The molecule has 0 aliphatic carbocycles. The van der Waals surface area contributed by atoms with Crippen molar-refractivity contribution in [1.82, 2.24) is 19.6 Å². The Bertz CT molecular complexity index is 1240. The summed E-state index contributed by atoms with van der Waals surface area (Å²) in [5.74, 6) is 1.97. The number of hydrogen-bond acceptors (Lipinski definition) is 5. The van der Waals surface area contributed by atoms with Gasteiger partial charge in [0.1, 0.15) is 0 Å². The molecule has 2 aromatic rings. The van der Waals surface area contributed by atoms with Crippen molar-refractivity contribution in [2.24, 2.45) is 16.6 Å². The Morgan fingerprint density at radius 1 is 0.976 bits per heavy atom. The zero-order valence-corrected chi connectivity index (χ0v) is 26.9. The molecule has 42 heavy (non-hydrogen) atoms. The van der Waals surface area contributed by atoms with Gasteiger partial charge in [-0.2, -0.15) is 0 Å². The molecule has 0 radical (unpaired) electrons. The molecule has 3 aliphatic rings. The van der Waals surface area contributed by atoms with Crippen molar-refractivity contribution in [2.45, 2.75) is 77.0 Å². The maximum absolute atomic E-state index is 9.30. The Morgan fingerprint density at radius 2 is 1.76 bits per heavy atom. The zero-order valence-electron chi connectivity index (χ0n) is 25.4. The van der Waals surface area contributed by atoms with Crippen LogP contribution in [0, 0.1) is 11.3 Å². The molecule has 0 spiro atoms. The van der Waals surface area contributed by atoms with Gasteiger partial charge >= 0.3 is 0 Å². The molecule has 5 rings (SSSR count). The fourth-order valence-corrected chi connectivity index (χ4v) is 7.32. The van der Waals surface area contributed by atoms with E-state index >= 15 is 0 Å². The smallest absolute Gasteiger partial charge is 0.194 e. The first kappa shape index (κ1) is 31.0. The summed E-state index contributed by atoms with van der Waals surface area (Å²) >= 11 is 12.5. The highest BCUT2D eigenvalue weighted by molar-refractivity contribution is 6.42. The summed E-state index contributed by atoms with van der Waals surface area (Å²) in [5, 5.41) is 10.5. The Balaban J connectivity index is 1.25. The van der Waals surface area contributed by atoms with Gasteiger partial charge < -0.3 is 20.4 Å². The third kappa shape index (κ3) is 7.35. The largest absolute Gasteiger partial charge is 0.370 e. The molecule has 9 heteroatoms. The van der Waals surface area contributed by atoms with E-state index in [1.807, 2.05) is 18.2 Å². The van der Waals surface area contributed by atoms with Crippen LogP contribution in [0.25, 0.3) is 0 Å². The monoisotopic (exact) mass is 611 g/mol. The van der Waals surface area contributed by atoms with Gasteiger partial charge in [-0.1, -0.05) is 73.4 Å². The predicted molar refractivity (Wildman–Crippen MR) is 176 cm³/mol. The number of nitrogens with one attached hydrogen (secondary N) is 1. The molecule has 7 nitrogen and oxygen atoms in total. The van der Waals surface area contributed by atoms with E-state index in [9.17, 15) is 5.41 Å². The number of hydrogen-bond donors (Lipinski definition) is 2. The predicted octanol–water partition coefficient (Wildman–Crippen LogP) is 5.60. The number of nitrogens with zero attached hydrogens (tertiary/aromatic N) is 5. The highest BCUT2D eigenvalue weighted by Crippen LogP contribution is 2.28. The van der Waals surface area contributed by atoms with Crippen LogP contribution >= 0.6 is 23.2 Å². The average molecular weight is 613 g/mol. The highest BCUT2D eigenvalue weighted by Gasteiger charge is 2.39. The zero-order chi connectivity index (χ0) is 29.8. The van der Waals surface area contributed by atoms with E-state index in [0.717, 1.165) is 64.1 Å². The van der Waals surface area contributed by atoms with Crippen LogP contribution in [0.5, 0.6) is 0 Å². The summed E-state index contributed by atoms with van der Waals surface area (Å²) in [6.45, 7) is 12.3. The fraction of sp³-hybridized carbons (Fsp3) is 0.576. The van der Waals surface area contributed by atoms with Crippen molar-refractivity contribution < 1.29 is 0 Å². The van der Waals surface area contributed by atoms with Crippen LogP contribution in [0.1, 0.15) is 51.2 Å². The molecule has 3 heterocycles. The molecule has 0 aromatic heterocycles. The number of aliphatic imine (C=N–C) groups is 1. The van der Waals surface area contributed by atoms with Gasteiger partial charge in [0.25, 0.3) is 0 Å². The summed E-state index contributed by atoms with van der Waals surface area (Å²) in [6, 6.07) is 17.9. The molecule has 2 aromatic carbocycles. The van der Waals surface area contributed by atoms with Gasteiger partial charge in [0.15, 0.2) is 11.9 Å². The van der Waals surface area contributed by atoms with Crippen molar-refractivity contribution in [1.29, 1.82) is 5.41 Å². The van der Waals surface area contributed by atoms with E-state index < -0.39 is 0 Å². The minimum Gasteiger partial charge on any atom is -0.370 e. The van der Waals surface area contributed by atoms with Crippen molar-refractivity contribution in [3.8, 4) is 0 Å². The molecule has 0 amide bonds. The summed E-state index contributed by atoms with van der Waals surface area (Å²) < 4.78 is 0. The van der Waals surface area contributed by atoms with Crippen LogP contribution in [-0.4, -0.2) is 95.0 Å². The van der Waals surface area contributed by atoms with E-state index in [2.05, 4.69) is 75.7 Å². The molecule has 228 valence electrons. The Labute approximate surface area is 262 Å². The Morgan fingerprint density at radius 3 is 2.50 bits per heavy atom. The standard InChI is InChI=1S/C33H47Cl2N7/c1-23(2)16-28-19-38-32(36)42(28)21-27-10-7-14-39(27)20-24(3)41-22-29(17-25-8-5-4-6-9-25)40(33(41)37)15-13-26-11-12-30(34)31(35)18-26/h4-6,8-9,11-12,18,23-24,27-29,37H,7,10,13-17,19-22H2,1-3H3,(H2,36,38)/t24-,27-,28+,29+/m0/s1. The molecule has 2 saturated heterocycles. The van der Waals surface area contributed by atoms with Crippen molar-refractivity contribution in [3.05, 3.63) is 69.7 Å². The van der Waals surface area contributed by atoms with Gasteiger partial charge in [0, 0.05) is 38.3 Å². The molecule has 3 N–H and O–H groups in total. The first-order valence-electron chi connectivity index (χ1n) is 15.6. The third-order valence-corrected chi connectivity index (χ3v) is 9.95. The van der Waals surface area contributed by atoms with Crippen LogP contribution in [0.2, 0.25) is 10.0 Å². The lowest BCUT2D eigenvalue weighted by Gasteiger charge is -2.36. The second kappa shape index (κ2) is 13.9. The first-order valence-corrected chi connectivity index (χ1v) is 16.4. The second-order valence-corrected chi connectivity index (χ2v) is 13.6. The quantitative estimate of drug-likeness (QED) is 0.327. The van der Waals surface area contributed by atoms with Gasteiger partial charge in [-0.25, -0.2) is 0 Å². The number of likely N-dealkylation sites (tertiary alicyclic amines) is 1. The lowest BCUT2D eigenvalue weighted by Crippen LogP contribution is -2.51. The Hall–Kier alpha value is -2.48. The summed E-state index contributed by atoms with van der Waals surface area (Å²) in [7, 11) is 0. The summed E-state index contributed by atoms with van der Waals surface area (Å²) in [4.78, 5) is 14.2. The number of guanidine groups is 2. The summed E-state index contributed by atoms with van der Waals surface area (Å²) in [6.07, 6.45) is 5.26. The van der Waals surface area contributed by atoms with E-state index in [1.54, 1.807) is 0 Å². The fourth-order valence-electron chi connectivity index (χ4n) is 7.00. The molecule has 0 bridgehead atoms. The van der Waals surface area contributed by atoms with Crippen molar-refractivity contribution in [2.75, 3.05) is 39.3 Å².